The molecule has 0 aliphatic carbocycles. The summed E-state index contributed by atoms with van der Waals surface area (Å²) >= 11 is 0. The van der Waals surface area contributed by atoms with Gasteiger partial charge in [-0.05, 0) is 24.1 Å². The second-order valence-corrected chi connectivity index (χ2v) is 4.44. The topological polar surface area (TPSA) is 70.7 Å². The van der Waals surface area contributed by atoms with E-state index in [1.54, 1.807) is 29.1 Å². The van der Waals surface area contributed by atoms with Crippen molar-refractivity contribution in [3.63, 3.8) is 0 Å². The summed E-state index contributed by atoms with van der Waals surface area (Å²) in [5, 5.41) is 11.9. The van der Waals surface area contributed by atoms with Crippen molar-refractivity contribution in [2.75, 3.05) is 5.32 Å². The minimum absolute atomic E-state index is 0.120. The highest BCUT2D eigenvalue weighted by molar-refractivity contribution is 5.36. The zero-order chi connectivity index (χ0) is 14.4. The predicted octanol–water partition coefficient (Wildman–Crippen LogP) is 2.14. The molecule has 102 valence electrons. The van der Waals surface area contributed by atoms with E-state index in [0.29, 0.717) is 24.5 Å². The maximum absolute atomic E-state index is 12.1. The van der Waals surface area contributed by atoms with E-state index in [-0.39, 0.29) is 5.56 Å². The quantitative estimate of drug-likeness (QED) is 0.901. The average molecular weight is 268 g/mol. The van der Waals surface area contributed by atoms with Crippen LogP contribution in [0.1, 0.15) is 24.5 Å². The molecule has 0 fully saturated rings. The summed E-state index contributed by atoms with van der Waals surface area (Å²) in [6, 6.07) is 9.36. The van der Waals surface area contributed by atoms with Gasteiger partial charge in [-0.3, -0.25) is 4.79 Å². The summed E-state index contributed by atoms with van der Waals surface area (Å²) in [4.78, 5) is 16.2. The molecule has 1 N–H and O–H groups in total. The van der Waals surface area contributed by atoms with Crippen molar-refractivity contribution in [1.29, 1.82) is 5.26 Å². The van der Waals surface area contributed by atoms with Crippen LogP contribution >= 0.6 is 0 Å². The Morgan fingerprint density at radius 1 is 1.45 bits per heavy atom. The number of aromatic nitrogens is 2. The maximum Gasteiger partial charge on any atom is 0.293 e. The van der Waals surface area contributed by atoms with Crippen LogP contribution in [0.4, 0.5) is 5.82 Å². The van der Waals surface area contributed by atoms with Crippen molar-refractivity contribution in [3.8, 4) is 6.07 Å². The zero-order valence-corrected chi connectivity index (χ0v) is 11.3. The van der Waals surface area contributed by atoms with Crippen molar-refractivity contribution in [2.45, 2.75) is 26.4 Å². The van der Waals surface area contributed by atoms with Gasteiger partial charge < -0.3 is 9.88 Å². The standard InChI is InChI=1S/C15H16N4O/c1-2-7-19-8-6-17-14(15(19)20)18-11-13-5-3-4-12(9-13)10-16/h3-6,8-9H,2,7,11H2,1H3,(H,17,18). The summed E-state index contributed by atoms with van der Waals surface area (Å²) in [5.41, 5.74) is 1.43. The minimum Gasteiger partial charge on any atom is -0.361 e. The monoisotopic (exact) mass is 268 g/mol. The first kappa shape index (κ1) is 13.8. The van der Waals surface area contributed by atoms with E-state index in [4.69, 9.17) is 5.26 Å². The van der Waals surface area contributed by atoms with Crippen LogP contribution in [0.5, 0.6) is 0 Å². The Bertz CT molecular complexity index is 685. The van der Waals surface area contributed by atoms with E-state index in [1.807, 2.05) is 19.1 Å². The smallest absolute Gasteiger partial charge is 0.293 e. The number of hydrogen-bond donors (Lipinski definition) is 1. The van der Waals surface area contributed by atoms with Crippen LogP contribution in [-0.2, 0) is 13.1 Å². The molecule has 0 amide bonds. The Kier molecular flexibility index (Phi) is 4.51. The number of nitrogens with one attached hydrogen (secondary N) is 1. The van der Waals surface area contributed by atoms with Crippen LogP contribution in [0, 0.1) is 11.3 Å². The third kappa shape index (κ3) is 3.23. The number of rotatable bonds is 5. The number of nitrogens with zero attached hydrogens (tertiary/aromatic N) is 3. The predicted molar refractivity (Wildman–Crippen MR) is 77.3 cm³/mol. The van der Waals surface area contributed by atoms with Gasteiger partial charge in [-0.15, -0.1) is 0 Å². The van der Waals surface area contributed by atoms with E-state index in [0.717, 1.165) is 12.0 Å². The number of nitriles is 1. The average Bonchev–Trinajstić information content (AvgIpc) is 2.48. The SMILES string of the molecule is CCCn1ccnc(NCc2cccc(C#N)c2)c1=O. The fraction of sp³-hybridized carbons (Fsp3) is 0.267. The van der Waals surface area contributed by atoms with Gasteiger partial charge in [0.05, 0.1) is 11.6 Å². The Morgan fingerprint density at radius 3 is 3.05 bits per heavy atom. The molecule has 5 nitrogen and oxygen atoms in total. The molecule has 0 radical (unpaired) electrons. The molecule has 0 unspecified atom stereocenters. The lowest BCUT2D eigenvalue weighted by Crippen LogP contribution is -2.24. The van der Waals surface area contributed by atoms with Gasteiger partial charge in [-0.25, -0.2) is 4.98 Å². The van der Waals surface area contributed by atoms with E-state index in [9.17, 15) is 4.79 Å². The van der Waals surface area contributed by atoms with Gasteiger partial charge >= 0.3 is 0 Å². The van der Waals surface area contributed by atoms with Crippen LogP contribution in [-0.4, -0.2) is 9.55 Å². The molecule has 0 atom stereocenters. The summed E-state index contributed by atoms with van der Waals surface area (Å²) in [7, 11) is 0. The zero-order valence-electron chi connectivity index (χ0n) is 11.3. The highest BCUT2D eigenvalue weighted by Crippen LogP contribution is 2.06. The van der Waals surface area contributed by atoms with Gasteiger partial charge in [0, 0.05) is 25.5 Å². The summed E-state index contributed by atoms with van der Waals surface area (Å²) in [6.45, 7) is 3.17. The van der Waals surface area contributed by atoms with Crippen molar-refractivity contribution >= 4 is 5.82 Å². The first-order chi connectivity index (χ1) is 9.74. The van der Waals surface area contributed by atoms with Crippen LogP contribution in [0.3, 0.4) is 0 Å². The molecule has 0 aliphatic rings. The lowest BCUT2D eigenvalue weighted by atomic mass is 10.1. The molecule has 0 bridgehead atoms. The Hall–Kier alpha value is -2.61. The number of aryl methyl sites for hydroxylation is 1. The first-order valence-corrected chi connectivity index (χ1v) is 6.53. The Morgan fingerprint density at radius 2 is 2.30 bits per heavy atom. The highest BCUT2D eigenvalue weighted by atomic mass is 16.1. The lowest BCUT2D eigenvalue weighted by Gasteiger charge is -2.08. The van der Waals surface area contributed by atoms with Gasteiger partial charge in [0.25, 0.3) is 5.56 Å². The number of anilines is 1. The van der Waals surface area contributed by atoms with E-state index < -0.39 is 0 Å². The largest absolute Gasteiger partial charge is 0.361 e. The Balaban J connectivity index is 2.13. The molecule has 20 heavy (non-hydrogen) atoms. The van der Waals surface area contributed by atoms with Crippen LogP contribution < -0.4 is 10.9 Å². The van der Waals surface area contributed by atoms with Crippen molar-refractivity contribution < 1.29 is 0 Å². The molecule has 0 aliphatic heterocycles. The van der Waals surface area contributed by atoms with E-state index in [1.165, 1.54) is 0 Å². The van der Waals surface area contributed by atoms with E-state index in [2.05, 4.69) is 16.4 Å². The molecular weight excluding hydrogens is 252 g/mol. The molecule has 5 heteroatoms. The lowest BCUT2D eigenvalue weighted by molar-refractivity contribution is 0.649. The van der Waals surface area contributed by atoms with E-state index >= 15 is 0 Å². The van der Waals surface area contributed by atoms with Crippen LogP contribution in [0.15, 0.2) is 41.5 Å². The van der Waals surface area contributed by atoms with Crippen molar-refractivity contribution in [2.24, 2.45) is 0 Å². The van der Waals surface area contributed by atoms with Gasteiger partial charge in [0.15, 0.2) is 5.82 Å². The third-order valence-corrected chi connectivity index (χ3v) is 2.89. The van der Waals surface area contributed by atoms with Crippen molar-refractivity contribution in [1.82, 2.24) is 9.55 Å². The van der Waals surface area contributed by atoms with Gasteiger partial charge in [-0.1, -0.05) is 19.1 Å². The van der Waals surface area contributed by atoms with Gasteiger partial charge in [-0.2, -0.15) is 5.26 Å². The fourth-order valence-electron chi connectivity index (χ4n) is 1.92. The summed E-state index contributed by atoms with van der Waals surface area (Å²) < 4.78 is 1.64. The van der Waals surface area contributed by atoms with Gasteiger partial charge in [0.1, 0.15) is 0 Å². The van der Waals surface area contributed by atoms with Crippen molar-refractivity contribution in [3.05, 3.63) is 58.1 Å². The summed E-state index contributed by atoms with van der Waals surface area (Å²) in [6.07, 6.45) is 4.20. The molecule has 0 spiro atoms. The molecule has 2 rings (SSSR count). The second-order valence-electron chi connectivity index (χ2n) is 4.44. The fourth-order valence-corrected chi connectivity index (χ4v) is 1.92. The molecule has 1 heterocycles. The molecule has 0 saturated carbocycles. The molecule has 1 aromatic heterocycles. The molecular formula is C15H16N4O. The second kappa shape index (κ2) is 6.53. The number of hydrogen-bond acceptors (Lipinski definition) is 4. The third-order valence-electron chi connectivity index (χ3n) is 2.89. The maximum atomic E-state index is 12.1. The Labute approximate surface area is 117 Å². The molecule has 2 aromatic rings. The first-order valence-electron chi connectivity index (χ1n) is 6.53. The minimum atomic E-state index is -0.120. The highest BCUT2D eigenvalue weighted by Gasteiger charge is 2.04. The number of benzene rings is 1. The van der Waals surface area contributed by atoms with Crippen LogP contribution in [0.25, 0.3) is 0 Å². The summed E-state index contributed by atoms with van der Waals surface area (Å²) in [5.74, 6) is 0.336. The van der Waals surface area contributed by atoms with Gasteiger partial charge in [0.2, 0.25) is 0 Å². The van der Waals surface area contributed by atoms with Crippen LogP contribution in [0.2, 0.25) is 0 Å². The normalized spacial score (nSPS) is 10.0. The molecule has 1 aromatic carbocycles. The molecule has 0 saturated heterocycles.